The van der Waals surface area contributed by atoms with Gasteiger partial charge >= 0.3 is 0 Å². The topological polar surface area (TPSA) is 32.7 Å². The first-order valence-corrected chi connectivity index (χ1v) is 2.42. The molecule has 0 saturated carbocycles. The molecule has 1 N–H and O–H groups in total. The third-order valence-electron chi connectivity index (χ3n) is 0.983. The number of aliphatic hydroxyl groups excluding tert-OH is 1. The molecule has 0 bridgehead atoms. The number of rotatable bonds is 1. The molecule has 7 heavy (non-hydrogen) atoms. The molecule has 0 atom stereocenters. The fourth-order valence-electron chi connectivity index (χ4n) is 0.611. The van der Waals surface area contributed by atoms with Gasteiger partial charge in [0.25, 0.3) is 0 Å². The lowest BCUT2D eigenvalue weighted by Crippen LogP contribution is -2.17. The zero-order valence-electron chi connectivity index (χ0n) is 4.13. The van der Waals surface area contributed by atoms with Gasteiger partial charge in [0.15, 0.2) is 0 Å². The molecular weight excluding hydrogens is 94.0 g/mol. The average molecular weight is 103 g/mol. The van der Waals surface area contributed by atoms with Crippen molar-refractivity contribution in [1.82, 2.24) is 5.06 Å². The molecule has 0 aliphatic carbocycles. The van der Waals surface area contributed by atoms with E-state index in [4.69, 9.17) is 9.94 Å². The first-order valence-electron chi connectivity index (χ1n) is 2.42. The van der Waals surface area contributed by atoms with Crippen LogP contribution >= 0.6 is 0 Å². The smallest absolute Gasteiger partial charge is 0.119 e. The monoisotopic (exact) mass is 103 g/mol. The number of hydrogen-bond donors (Lipinski definition) is 1. The first kappa shape index (κ1) is 5.03. The van der Waals surface area contributed by atoms with Gasteiger partial charge in [-0.15, -0.1) is 0 Å². The van der Waals surface area contributed by atoms with E-state index >= 15 is 0 Å². The van der Waals surface area contributed by atoms with Crippen LogP contribution in [0.25, 0.3) is 0 Å². The Hall–Kier alpha value is -0.120. The summed E-state index contributed by atoms with van der Waals surface area (Å²) >= 11 is 0. The zero-order chi connectivity index (χ0) is 5.11. The van der Waals surface area contributed by atoms with E-state index in [1.807, 2.05) is 0 Å². The summed E-state index contributed by atoms with van der Waals surface area (Å²) in [6.45, 7) is 1.66. The average Bonchev–Trinajstić information content (AvgIpc) is 2.14. The minimum atomic E-state index is 0.0278. The number of hydroxylamine groups is 2. The van der Waals surface area contributed by atoms with Gasteiger partial charge in [0.05, 0.1) is 6.61 Å². The van der Waals surface area contributed by atoms with E-state index in [9.17, 15) is 0 Å². The second kappa shape index (κ2) is 2.26. The standard InChI is InChI=1S/C4H9NO2/c6-4-5-2-1-3-7-5/h6H,1-4H2. The van der Waals surface area contributed by atoms with E-state index in [2.05, 4.69) is 0 Å². The summed E-state index contributed by atoms with van der Waals surface area (Å²) in [4.78, 5) is 4.89. The fraction of sp³-hybridized carbons (Fsp3) is 1.00. The van der Waals surface area contributed by atoms with Gasteiger partial charge in [-0.3, -0.25) is 4.84 Å². The SMILES string of the molecule is OCN1CCCO1. The van der Waals surface area contributed by atoms with Crippen molar-refractivity contribution in [3.63, 3.8) is 0 Å². The molecule has 0 amide bonds. The van der Waals surface area contributed by atoms with Crippen LogP contribution in [0.15, 0.2) is 0 Å². The molecule has 3 nitrogen and oxygen atoms in total. The van der Waals surface area contributed by atoms with Crippen LogP contribution in [0, 0.1) is 0 Å². The molecule has 1 heterocycles. The molecule has 1 fully saturated rings. The van der Waals surface area contributed by atoms with Crippen molar-refractivity contribution in [2.24, 2.45) is 0 Å². The molecule has 1 saturated heterocycles. The quantitative estimate of drug-likeness (QED) is 0.489. The van der Waals surface area contributed by atoms with E-state index in [1.54, 1.807) is 5.06 Å². The van der Waals surface area contributed by atoms with Crippen LogP contribution in [0.3, 0.4) is 0 Å². The van der Waals surface area contributed by atoms with Crippen LogP contribution in [0.1, 0.15) is 6.42 Å². The third-order valence-corrected chi connectivity index (χ3v) is 0.983. The van der Waals surface area contributed by atoms with Gasteiger partial charge in [-0.2, -0.15) is 5.06 Å². The highest BCUT2D eigenvalue weighted by molar-refractivity contribution is 4.46. The normalized spacial score (nSPS) is 23.6. The molecule has 3 heteroatoms. The van der Waals surface area contributed by atoms with Crippen LogP contribution in [-0.2, 0) is 4.84 Å². The predicted octanol–water partition coefficient (Wildman–Crippen LogP) is -0.426. The van der Waals surface area contributed by atoms with Crippen LogP contribution in [0.5, 0.6) is 0 Å². The van der Waals surface area contributed by atoms with Crippen molar-refractivity contribution in [1.29, 1.82) is 0 Å². The Balaban J connectivity index is 2.14. The molecular formula is C4H9NO2. The van der Waals surface area contributed by atoms with Crippen LogP contribution in [-0.4, -0.2) is 30.1 Å². The highest BCUT2D eigenvalue weighted by Gasteiger charge is 2.08. The lowest BCUT2D eigenvalue weighted by molar-refractivity contribution is -0.153. The van der Waals surface area contributed by atoms with Gasteiger partial charge in [-0.05, 0) is 6.42 Å². The van der Waals surface area contributed by atoms with Crippen molar-refractivity contribution < 1.29 is 9.94 Å². The van der Waals surface area contributed by atoms with E-state index in [1.165, 1.54) is 0 Å². The summed E-state index contributed by atoms with van der Waals surface area (Å²) in [5.41, 5.74) is 0. The highest BCUT2D eigenvalue weighted by Crippen LogP contribution is 2.00. The highest BCUT2D eigenvalue weighted by atomic mass is 16.7. The van der Waals surface area contributed by atoms with E-state index in [0.29, 0.717) is 0 Å². The number of nitrogens with zero attached hydrogens (tertiary/aromatic N) is 1. The summed E-state index contributed by atoms with van der Waals surface area (Å²) in [6, 6.07) is 0. The van der Waals surface area contributed by atoms with Crippen molar-refractivity contribution in [2.75, 3.05) is 19.9 Å². The molecule has 0 aromatic rings. The molecule has 0 aromatic carbocycles. The minimum absolute atomic E-state index is 0.0278. The second-order valence-electron chi connectivity index (χ2n) is 1.53. The third kappa shape index (κ3) is 1.12. The van der Waals surface area contributed by atoms with Crippen molar-refractivity contribution in [3.8, 4) is 0 Å². The van der Waals surface area contributed by atoms with Gasteiger partial charge in [0.1, 0.15) is 6.73 Å². The molecule has 0 spiro atoms. The molecule has 0 unspecified atom stereocenters. The Morgan fingerprint density at radius 1 is 1.71 bits per heavy atom. The van der Waals surface area contributed by atoms with Gasteiger partial charge in [-0.25, -0.2) is 0 Å². The van der Waals surface area contributed by atoms with Crippen molar-refractivity contribution >= 4 is 0 Å². The Bertz CT molecular complexity index is 51.7. The molecule has 42 valence electrons. The molecule has 1 aliphatic rings. The summed E-state index contributed by atoms with van der Waals surface area (Å²) in [5.74, 6) is 0. The lowest BCUT2D eigenvalue weighted by Gasteiger charge is -2.06. The van der Waals surface area contributed by atoms with Gasteiger partial charge in [-0.1, -0.05) is 0 Å². The summed E-state index contributed by atoms with van der Waals surface area (Å²) in [5, 5.41) is 9.91. The molecule has 1 aliphatic heterocycles. The summed E-state index contributed by atoms with van der Waals surface area (Å²) in [6.07, 6.45) is 1.04. The largest absolute Gasteiger partial charge is 0.379 e. The first-order chi connectivity index (χ1) is 3.43. The molecule has 0 aromatic heterocycles. The summed E-state index contributed by atoms with van der Waals surface area (Å²) in [7, 11) is 0. The molecule has 0 radical (unpaired) electrons. The maximum absolute atomic E-state index is 8.37. The summed E-state index contributed by atoms with van der Waals surface area (Å²) < 4.78 is 0. The maximum Gasteiger partial charge on any atom is 0.119 e. The van der Waals surface area contributed by atoms with Gasteiger partial charge in [0, 0.05) is 6.54 Å². The predicted molar refractivity (Wildman–Crippen MR) is 24.4 cm³/mol. The van der Waals surface area contributed by atoms with Crippen LogP contribution < -0.4 is 0 Å². The van der Waals surface area contributed by atoms with Crippen molar-refractivity contribution in [2.45, 2.75) is 6.42 Å². The Kier molecular flexibility index (Phi) is 1.62. The number of hydrogen-bond acceptors (Lipinski definition) is 3. The van der Waals surface area contributed by atoms with Crippen molar-refractivity contribution in [3.05, 3.63) is 0 Å². The minimum Gasteiger partial charge on any atom is -0.379 e. The maximum atomic E-state index is 8.37. The fourth-order valence-corrected chi connectivity index (χ4v) is 0.611. The van der Waals surface area contributed by atoms with E-state index in [-0.39, 0.29) is 6.73 Å². The van der Waals surface area contributed by atoms with Gasteiger partial charge in [0.2, 0.25) is 0 Å². The number of aliphatic hydroxyl groups is 1. The van der Waals surface area contributed by atoms with E-state index in [0.717, 1.165) is 19.6 Å². The Labute approximate surface area is 42.4 Å². The second-order valence-corrected chi connectivity index (χ2v) is 1.53. The van der Waals surface area contributed by atoms with E-state index < -0.39 is 0 Å². The molecule has 1 rings (SSSR count). The van der Waals surface area contributed by atoms with Crippen LogP contribution in [0.4, 0.5) is 0 Å². The zero-order valence-corrected chi connectivity index (χ0v) is 4.13. The van der Waals surface area contributed by atoms with Gasteiger partial charge < -0.3 is 5.11 Å². The Morgan fingerprint density at radius 2 is 2.57 bits per heavy atom. The van der Waals surface area contributed by atoms with Crippen LogP contribution in [0.2, 0.25) is 0 Å². The Morgan fingerprint density at radius 3 is 2.86 bits per heavy atom. The lowest BCUT2D eigenvalue weighted by atomic mass is 10.5.